The summed E-state index contributed by atoms with van der Waals surface area (Å²) < 4.78 is 22.7. The van der Waals surface area contributed by atoms with Gasteiger partial charge in [-0.25, -0.2) is 0 Å². The van der Waals surface area contributed by atoms with Gasteiger partial charge in [-0.1, -0.05) is 42.5 Å². The van der Waals surface area contributed by atoms with Crippen LogP contribution in [0.1, 0.15) is 5.56 Å². The summed E-state index contributed by atoms with van der Waals surface area (Å²) >= 11 is 0. The van der Waals surface area contributed by atoms with Gasteiger partial charge >= 0.3 is 0 Å². The summed E-state index contributed by atoms with van der Waals surface area (Å²) in [5.74, 6) is 2.09. The fourth-order valence-corrected chi connectivity index (χ4v) is 3.59. The maximum absolute atomic E-state index is 10.8. The quantitative estimate of drug-likeness (QED) is 0.453. The van der Waals surface area contributed by atoms with E-state index in [0.29, 0.717) is 35.0 Å². The van der Waals surface area contributed by atoms with Gasteiger partial charge in [-0.3, -0.25) is 0 Å². The summed E-state index contributed by atoms with van der Waals surface area (Å²) in [6, 6.07) is 19.3. The van der Waals surface area contributed by atoms with E-state index in [2.05, 4.69) is 0 Å². The van der Waals surface area contributed by atoms with Crippen molar-refractivity contribution in [2.75, 3.05) is 21.3 Å². The van der Waals surface area contributed by atoms with Gasteiger partial charge in [0.05, 0.1) is 21.3 Å². The minimum Gasteiger partial charge on any atom is -0.504 e. The van der Waals surface area contributed by atoms with Crippen molar-refractivity contribution in [1.82, 2.24) is 0 Å². The van der Waals surface area contributed by atoms with Crippen LogP contribution in [-0.4, -0.2) is 26.4 Å². The summed E-state index contributed by atoms with van der Waals surface area (Å²) in [5, 5.41) is 14.0. The maximum atomic E-state index is 10.8. The topological polar surface area (TPSA) is 57.2 Å². The molecular weight excluding hydrogens is 368 g/mol. The largest absolute Gasteiger partial charge is 0.504 e. The number of methoxy groups -OCH3 is 3. The lowest BCUT2D eigenvalue weighted by Crippen LogP contribution is -2.00. The van der Waals surface area contributed by atoms with Gasteiger partial charge in [-0.2, -0.15) is 0 Å². The van der Waals surface area contributed by atoms with E-state index in [4.69, 9.17) is 18.9 Å². The first-order valence-corrected chi connectivity index (χ1v) is 9.22. The molecule has 0 atom stereocenters. The van der Waals surface area contributed by atoms with Gasteiger partial charge in [0.2, 0.25) is 5.75 Å². The Hall–Kier alpha value is -3.60. The fraction of sp³-hybridized carbons (Fsp3) is 0.167. The van der Waals surface area contributed by atoms with Crippen LogP contribution in [0.25, 0.3) is 21.5 Å². The van der Waals surface area contributed by atoms with Gasteiger partial charge in [0.25, 0.3) is 0 Å². The van der Waals surface area contributed by atoms with Crippen molar-refractivity contribution in [3.05, 3.63) is 66.2 Å². The number of aromatic hydroxyl groups is 1. The Kier molecular flexibility index (Phi) is 5.04. The molecule has 5 heteroatoms. The highest BCUT2D eigenvalue weighted by Crippen LogP contribution is 2.48. The minimum atomic E-state index is 0.0804. The molecule has 29 heavy (non-hydrogen) atoms. The van der Waals surface area contributed by atoms with E-state index in [0.717, 1.165) is 21.7 Å². The fourth-order valence-electron chi connectivity index (χ4n) is 3.59. The maximum Gasteiger partial charge on any atom is 0.203 e. The second-order valence-electron chi connectivity index (χ2n) is 6.59. The zero-order valence-electron chi connectivity index (χ0n) is 16.6. The molecule has 0 radical (unpaired) electrons. The van der Waals surface area contributed by atoms with Crippen LogP contribution >= 0.6 is 0 Å². The molecule has 0 saturated carbocycles. The van der Waals surface area contributed by atoms with Crippen molar-refractivity contribution >= 4 is 21.5 Å². The standard InChI is InChI=1S/C24H22O5/c1-26-19-12-10-16-9-11-17-18(21(16)22(19)25)13-20(24(28-3)23(17)27-2)29-14-15-7-5-4-6-8-15/h4-13,25H,14H2,1-3H3. The van der Waals surface area contributed by atoms with Gasteiger partial charge in [0.15, 0.2) is 23.0 Å². The van der Waals surface area contributed by atoms with Crippen LogP contribution in [0.5, 0.6) is 28.7 Å². The summed E-state index contributed by atoms with van der Waals surface area (Å²) in [5.41, 5.74) is 1.04. The summed E-state index contributed by atoms with van der Waals surface area (Å²) in [4.78, 5) is 0. The summed E-state index contributed by atoms with van der Waals surface area (Å²) in [6.07, 6.45) is 0. The molecule has 0 amide bonds. The first-order valence-electron chi connectivity index (χ1n) is 9.22. The Morgan fingerprint density at radius 2 is 1.45 bits per heavy atom. The summed E-state index contributed by atoms with van der Waals surface area (Å²) in [6.45, 7) is 0.381. The van der Waals surface area contributed by atoms with Crippen molar-refractivity contribution in [3.8, 4) is 28.7 Å². The van der Waals surface area contributed by atoms with Crippen LogP contribution in [0, 0.1) is 0 Å². The second kappa shape index (κ2) is 7.80. The number of phenols is 1. The number of rotatable bonds is 6. The van der Waals surface area contributed by atoms with E-state index >= 15 is 0 Å². The second-order valence-corrected chi connectivity index (χ2v) is 6.59. The molecule has 4 rings (SSSR count). The molecule has 4 aromatic carbocycles. The Morgan fingerprint density at radius 3 is 2.14 bits per heavy atom. The monoisotopic (exact) mass is 390 g/mol. The van der Waals surface area contributed by atoms with Crippen molar-refractivity contribution in [2.45, 2.75) is 6.61 Å². The molecule has 0 aliphatic heterocycles. The molecule has 0 saturated heterocycles. The molecule has 0 heterocycles. The van der Waals surface area contributed by atoms with Gasteiger partial charge in [0, 0.05) is 16.2 Å². The molecular formula is C24H22O5. The van der Waals surface area contributed by atoms with Crippen LogP contribution < -0.4 is 18.9 Å². The number of hydrogen-bond acceptors (Lipinski definition) is 5. The Bertz CT molecular complexity index is 1170. The third-order valence-electron chi connectivity index (χ3n) is 4.98. The molecule has 148 valence electrons. The third-order valence-corrected chi connectivity index (χ3v) is 4.98. The molecule has 5 nitrogen and oxygen atoms in total. The summed E-state index contributed by atoms with van der Waals surface area (Å²) in [7, 11) is 4.71. The van der Waals surface area contributed by atoms with Crippen LogP contribution in [-0.2, 0) is 6.61 Å². The Morgan fingerprint density at radius 1 is 0.724 bits per heavy atom. The highest BCUT2D eigenvalue weighted by Gasteiger charge is 2.20. The van der Waals surface area contributed by atoms with Crippen molar-refractivity contribution in [2.24, 2.45) is 0 Å². The predicted molar refractivity (Wildman–Crippen MR) is 114 cm³/mol. The Balaban J connectivity index is 1.95. The number of phenolic OH excluding ortho intramolecular Hbond substituents is 1. The first kappa shape index (κ1) is 18.7. The zero-order valence-corrected chi connectivity index (χ0v) is 16.6. The molecule has 0 aliphatic carbocycles. The minimum absolute atomic E-state index is 0.0804. The molecule has 0 fully saturated rings. The SMILES string of the molecule is COc1ccc2ccc3c(OC)c(OC)c(OCc4ccccc4)cc3c2c1O. The molecule has 0 bridgehead atoms. The van der Waals surface area contributed by atoms with Crippen molar-refractivity contribution in [3.63, 3.8) is 0 Å². The van der Waals surface area contributed by atoms with Gasteiger partial charge in [-0.15, -0.1) is 0 Å². The number of ether oxygens (including phenoxy) is 4. The molecule has 4 aromatic rings. The number of fused-ring (bicyclic) bond motifs is 3. The normalized spacial score (nSPS) is 10.9. The van der Waals surface area contributed by atoms with Crippen LogP contribution in [0.4, 0.5) is 0 Å². The first-order chi connectivity index (χ1) is 14.2. The van der Waals surface area contributed by atoms with Gasteiger partial charge in [-0.05, 0) is 29.1 Å². The van der Waals surface area contributed by atoms with E-state index in [1.54, 1.807) is 20.3 Å². The molecule has 0 aromatic heterocycles. The molecule has 1 N–H and O–H groups in total. The number of hydrogen-bond donors (Lipinski definition) is 1. The van der Waals surface area contributed by atoms with Crippen LogP contribution in [0.2, 0.25) is 0 Å². The van der Waals surface area contributed by atoms with E-state index < -0.39 is 0 Å². The van der Waals surface area contributed by atoms with E-state index in [-0.39, 0.29) is 5.75 Å². The lowest BCUT2D eigenvalue weighted by Gasteiger charge is -2.18. The molecule has 0 aliphatic rings. The predicted octanol–water partition coefficient (Wildman–Crippen LogP) is 5.30. The van der Waals surface area contributed by atoms with E-state index in [9.17, 15) is 5.11 Å². The zero-order chi connectivity index (χ0) is 20.4. The number of benzene rings is 4. The van der Waals surface area contributed by atoms with Crippen molar-refractivity contribution in [1.29, 1.82) is 0 Å². The van der Waals surface area contributed by atoms with Crippen LogP contribution in [0.3, 0.4) is 0 Å². The smallest absolute Gasteiger partial charge is 0.203 e. The Labute approximate surface area is 169 Å². The van der Waals surface area contributed by atoms with E-state index in [1.807, 2.05) is 54.6 Å². The highest BCUT2D eigenvalue weighted by atomic mass is 16.5. The highest BCUT2D eigenvalue weighted by molar-refractivity contribution is 6.14. The van der Waals surface area contributed by atoms with E-state index in [1.165, 1.54) is 7.11 Å². The van der Waals surface area contributed by atoms with Gasteiger partial charge < -0.3 is 24.1 Å². The lowest BCUT2D eigenvalue weighted by atomic mass is 9.99. The lowest BCUT2D eigenvalue weighted by molar-refractivity contribution is 0.277. The molecule has 0 spiro atoms. The average Bonchev–Trinajstić information content (AvgIpc) is 2.77. The average molecular weight is 390 g/mol. The van der Waals surface area contributed by atoms with Gasteiger partial charge in [0.1, 0.15) is 6.61 Å². The van der Waals surface area contributed by atoms with Crippen molar-refractivity contribution < 1.29 is 24.1 Å². The third kappa shape index (κ3) is 3.25. The molecule has 0 unspecified atom stereocenters. The van der Waals surface area contributed by atoms with Crippen LogP contribution in [0.15, 0.2) is 60.7 Å².